The van der Waals surface area contributed by atoms with Crippen LogP contribution in [0.3, 0.4) is 0 Å². The van der Waals surface area contributed by atoms with Crippen LogP contribution in [-0.4, -0.2) is 47.2 Å². The summed E-state index contributed by atoms with van der Waals surface area (Å²) in [6.45, 7) is 3.06. The number of benzene rings is 1. The SMILES string of the molecule is COc1ccc(C(=O)N2CCC(C(C)O)C2)cc1-c1ccccn1. The summed E-state index contributed by atoms with van der Waals surface area (Å²) < 4.78 is 5.41. The Balaban J connectivity index is 1.88. The van der Waals surface area contributed by atoms with E-state index < -0.39 is 0 Å². The second kappa shape index (κ2) is 7.01. The zero-order valence-corrected chi connectivity index (χ0v) is 14.0. The van der Waals surface area contributed by atoms with Crippen molar-refractivity contribution in [2.24, 2.45) is 5.92 Å². The molecule has 2 aromatic rings. The molecular weight excluding hydrogens is 304 g/mol. The summed E-state index contributed by atoms with van der Waals surface area (Å²) >= 11 is 0. The quantitative estimate of drug-likeness (QED) is 0.938. The summed E-state index contributed by atoms with van der Waals surface area (Å²) in [6, 6.07) is 11.1. The van der Waals surface area contributed by atoms with Crippen molar-refractivity contribution in [3.63, 3.8) is 0 Å². The van der Waals surface area contributed by atoms with Crippen molar-refractivity contribution >= 4 is 5.91 Å². The van der Waals surface area contributed by atoms with E-state index in [2.05, 4.69) is 4.98 Å². The Labute approximate surface area is 141 Å². The number of aromatic nitrogens is 1. The van der Waals surface area contributed by atoms with Crippen LogP contribution in [0.2, 0.25) is 0 Å². The first-order valence-electron chi connectivity index (χ1n) is 8.17. The maximum absolute atomic E-state index is 12.8. The van der Waals surface area contributed by atoms with E-state index in [4.69, 9.17) is 4.74 Å². The molecule has 0 aliphatic carbocycles. The number of aliphatic hydroxyl groups excluding tert-OH is 1. The molecule has 1 fully saturated rings. The van der Waals surface area contributed by atoms with Gasteiger partial charge in [0.2, 0.25) is 0 Å². The summed E-state index contributed by atoms with van der Waals surface area (Å²) in [4.78, 5) is 18.9. The molecule has 5 heteroatoms. The highest BCUT2D eigenvalue weighted by Gasteiger charge is 2.29. The van der Waals surface area contributed by atoms with Crippen LogP contribution in [0.4, 0.5) is 0 Å². The highest BCUT2D eigenvalue weighted by atomic mass is 16.5. The molecule has 0 spiro atoms. The van der Waals surface area contributed by atoms with Crippen LogP contribution in [0.1, 0.15) is 23.7 Å². The van der Waals surface area contributed by atoms with Crippen molar-refractivity contribution in [1.82, 2.24) is 9.88 Å². The fraction of sp³-hybridized carbons (Fsp3) is 0.368. The highest BCUT2D eigenvalue weighted by molar-refractivity contribution is 5.96. The Kier molecular flexibility index (Phi) is 4.81. The van der Waals surface area contributed by atoms with E-state index in [1.807, 2.05) is 24.3 Å². The lowest BCUT2D eigenvalue weighted by Gasteiger charge is -2.18. The molecule has 3 rings (SSSR count). The normalized spacial score (nSPS) is 18.5. The molecule has 0 bridgehead atoms. The minimum absolute atomic E-state index is 0.0158. The Morgan fingerprint density at radius 3 is 2.83 bits per heavy atom. The van der Waals surface area contributed by atoms with E-state index >= 15 is 0 Å². The molecule has 24 heavy (non-hydrogen) atoms. The Morgan fingerprint density at radius 1 is 1.38 bits per heavy atom. The van der Waals surface area contributed by atoms with E-state index in [1.54, 1.807) is 37.3 Å². The minimum Gasteiger partial charge on any atom is -0.496 e. The molecule has 2 heterocycles. The number of pyridine rings is 1. The third kappa shape index (κ3) is 3.26. The maximum Gasteiger partial charge on any atom is 0.253 e. The molecule has 1 amide bonds. The molecule has 1 aliphatic rings. The summed E-state index contributed by atoms with van der Waals surface area (Å²) in [5, 5.41) is 9.72. The first-order valence-corrected chi connectivity index (χ1v) is 8.17. The molecular formula is C19H22N2O3. The van der Waals surface area contributed by atoms with Gasteiger partial charge < -0.3 is 14.7 Å². The summed E-state index contributed by atoms with van der Waals surface area (Å²) in [5.74, 6) is 0.828. The van der Waals surface area contributed by atoms with Gasteiger partial charge in [0.25, 0.3) is 5.91 Å². The number of likely N-dealkylation sites (tertiary alicyclic amines) is 1. The molecule has 1 aliphatic heterocycles. The number of ether oxygens (including phenoxy) is 1. The number of amides is 1. The number of carbonyl (C=O) groups is 1. The highest BCUT2D eigenvalue weighted by Crippen LogP contribution is 2.30. The van der Waals surface area contributed by atoms with Crippen LogP contribution in [0.5, 0.6) is 5.75 Å². The molecule has 2 atom stereocenters. The monoisotopic (exact) mass is 326 g/mol. The van der Waals surface area contributed by atoms with Gasteiger partial charge in [-0.05, 0) is 43.7 Å². The van der Waals surface area contributed by atoms with Crippen LogP contribution in [0.25, 0.3) is 11.3 Å². The summed E-state index contributed by atoms with van der Waals surface area (Å²) in [5.41, 5.74) is 2.19. The second-order valence-electron chi connectivity index (χ2n) is 6.17. The van der Waals surface area contributed by atoms with Crippen LogP contribution >= 0.6 is 0 Å². The molecule has 1 saturated heterocycles. The van der Waals surface area contributed by atoms with Crippen molar-refractivity contribution in [1.29, 1.82) is 0 Å². The molecule has 1 N–H and O–H groups in total. The van der Waals surface area contributed by atoms with Gasteiger partial charge in [0.15, 0.2) is 0 Å². The first kappa shape index (κ1) is 16.5. The fourth-order valence-electron chi connectivity index (χ4n) is 3.11. The number of rotatable bonds is 4. The van der Waals surface area contributed by atoms with Gasteiger partial charge in [-0.3, -0.25) is 9.78 Å². The average Bonchev–Trinajstić information content (AvgIpc) is 3.11. The van der Waals surface area contributed by atoms with Gasteiger partial charge >= 0.3 is 0 Å². The van der Waals surface area contributed by atoms with Crippen molar-refractivity contribution in [2.75, 3.05) is 20.2 Å². The van der Waals surface area contributed by atoms with Crippen LogP contribution in [0, 0.1) is 5.92 Å². The Hall–Kier alpha value is -2.40. The van der Waals surface area contributed by atoms with Gasteiger partial charge in [-0.2, -0.15) is 0 Å². The fourth-order valence-corrected chi connectivity index (χ4v) is 3.11. The predicted octanol–water partition coefficient (Wildman–Crippen LogP) is 2.60. The summed E-state index contributed by atoms with van der Waals surface area (Å²) in [6.07, 6.45) is 2.17. The maximum atomic E-state index is 12.8. The third-order valence-electron chi connectivity index (χ3n) is 4.58. The van der Waals surface area contributed by atoms with Gasteiger partial charge in [-0.25, -0.2) is 0 Å². The average molecular weight is 326 g/mol. The lowest BCUT2D eigenvalue weighted by molar-refractivity contribution is 0.0762. The van der Waals surface area contributed by atoms with E-state index in [-0.39, 0.29) is 17.9 Å². The van der Waals surface area contributed by atoms with E-state index in [1.165, 1.54) is 0 Å². The molecule has 1 aromatic heterocycles. The lowest BCUT2D eigenvalue weighted by Crippen LogP contribution is -2.30. The van der Waals surface area contributed by atoms with Gasteiger partial charge in [0.1, 0.15) is 5.75 Å². The van der Waals surface area contributed by atoms with Gasteiger partial charge in [0.05, 0.1) is 18.9 Å². The van der Waals surface area contributed by atoms with Gasteiger partial charge in [-0.15, -0.1) is 0 Å². The Morgan fingerprint density at radius 2 is 2.21 bits per heavy atom. The predicted molar refractivity (Wildman–Crippen MR) is 91.9 cm³/mol. The third-order valence-corrected chi connectivity index (χ3v) is 4.58. The molecule has 1 aromatic carbocycles. The Bertz CT molecular complexity index is 716. The number of hydrogen-bond donors (Lipinski definition) is 1. The van der Waals surface area contributed by atoms with Crippen LogP contribution < -0.4 is 4.74 Å². The van der Waals surface area contributed by atoms with E-state index in [0.717, 1.165) is 17.7 Å². The van der Waals surface area contributed by atoms with Crippen LogP contribution in [-0.2, 0) is 0 Å². The second-order valence-corrected chi connectivity index (χ2v) is 6.17. The smallest absolute Gasteiger partial charge is 0.253 e. The van der Waals surface area contributed by atoms with Gasteiger partial charge in [0, 0.05) is 36.3 Å². The van der Waals surface area contributed by atoms with E-state index in [9.17, 15) is 9.90 Å². The number of methoxy groups -OCH3 is 1. The standard InChI is InChI=1S/C19H22N2O3/c1-13(22)15-8-10-21(12-15)19(23)14-6-7-18(24-2)16(11-14)17-5-3-4-9-20-17/h3-7,9,11,13,15,22H,8,10,12H2,1-2H3. The lowest BCUT2D eigenvalue weighted by atomic mass is 10.0. The topological polar surface area (TPSA) is 62.7 Å². The zero-order chi connectivity index (χ0) is 17.1. The van der Waals surface area contributed by atoms with E-state index in [0.29, 0.717) is 24.4 Å². The van der Waals surface area contributed by atoms with Crippen molar-refractivity contribution < 1.29 is 14.6 Å². The minimum atomic E-state index is -0.386. The number of carbonyl (C=O) groups excluding carboxylic acids is 1. The molecule has 126 valence electrons. The molecule has 2 unspecified atom stereocenters. The number of aliphatic hydroxyl groups is 1. The van der Waals surface area contributed by atoms with Crippen molar-refractivity contribution in [3.05, 3.63) is 48.2 Å². The van der Waals surface area contributed by atoms with Crippen molar-refractivity contribution in [3.8, 4) is 17.0 Å². The zero-order valence-electron chi connectivity index (χ0n) is 14.0. The number of nitrogens with zero attached hydrogens (tertiary/aromatic N) is 2. The van der Waals surface area contributed by atoms with Crippen molar-refractivity contribution in [2.45, 2.75) is 19.4 Å². The summed E-state index contributed by atoms with van der Waals surface area (Å²) in [7, 11) is 1.61. The molecule has 5 nitrogen and oxygen atoms in total. The van der Waals surface area contributed by atoms with Gasteiger partial charge in [-0.1, -0.05) is 6.07 Å². The first-order chi connectivity index (χ1) is 11.6. The molecule has 0 saturated carbocycles. The molecule has 0 radical (unpaired) electrons. The number of hydrogen-bond acceptors (Lipinski definition) is 4. The largest absolute Gasteiger partial charge is 0.496 e. The van der Waals surface area contributed by atoms with Crippen LogP contribution in [0.15, 0.2) is 42.6 Å².